The predicted molar refractivity (Wildman–Crippen MR) is 83.5 cm³/mol. The zero-order valence-electron chi connectivity index (χ0n) is 13.6. The second kappa shape index (κ2) is 13.5. The second-order valence-corrected chi connectivity index (χ2v) is 5.83. The van der Waals surface area contributed by atoms with Gasteiger partial charge in [0.25, 0.3) is 0 Å². The third-order valence-corrected chi connectivity index (χ3v) is 3.87. The Bertz CT molecular complexity index is 220. The highest BCUT2D eigenvalue weighted by molar-refractivity contribution is 4.69. The highest BCUT2D eigenvalue weighted by atomic mass is 16.6. The normalized spacial score (nSPS) is 22.6. The maximum absolute atomic E-state index is 5.68. The van der Waals surface area contributed by atoms with Gasteiger partial charge in [0, 0.05) is 13.2 Å². The third kappa shape index (κ3) is 11.1. The molecule has 1 aliphatic carbocycles. The second-order valence-electron chi connectivity index (χ2n) is 5.83. The molecule has 0 heterocycles. The summed E-state index contributed by atoms with van der Waals surface area (Å²) in [6.07, 6.45) is 5.36. The predicted octanol–water partition coefficient (Wildman–Crippen LogP) is 1.84. The molecule has 1 aliphatic rings. The maximum Gasteiger partial charge on any atom is 0.0701 e. The van der Waals surface area contributed by atoms with Crippen LogP contribution in [-0.2, 0) is 18.9 Å². The SMILES string of the molecule is CC1CCC(COCCOCCOCCOCCN)CC1. The molecule has 0 aromatic heterocycles. The van der Waals surface area contributed by atoms with Crippen LogP contribution >= 0.6 is 0 Å². The zero-order valence-corrected chi connectivity index (χ0v) is 13.6. The first-order chi connectivity index (χ1) is 10.3. The lowest BCUT2D eigenvalue weighted by Gasteiger charge is -2.25. The van der Waals surface area contributed by atoms with Crippen LogP contribution in [0.2, 0.25) is 0 Å². The van der Waals surface area contributed by atoms with Crippen molar-refractivity contribution in [1.82, 2.24) is 0 Å². The molecule has 2 N–H and O–H groups in total. The number of hydrogen-bond acceptors (Lipinski definition) is 5. The summed E-state index contributed by atoms with van der Waals surface area (Å²) < 4.78 is 21.7. The summed E-state index contributed by atoms with van der Waals surface area (Å²) in [6, 6.07) is 0. The van der Waals surface area contributed by atoms with Crippen molar-refractivity contribution in [3.8, 4) is 0 Å². The van der Waals surface area contributed by atoms with Gasteiger partial charge in [0.2, 0.25) is 0 Å². The summed E-state index contributed by atoms with van der Waals surface area (Å²) in [7, 11) is 0. The van der Waals surface area contributed by atoms with E-state index < -0.39 is 0 Å². The van der Waals surface area contributed by atoms with Crippen LogP contribution in [0.15, 0.2) is 0 Å². The fourth-order valence-electron chi connectivity index (χ4n) is 2.49. The summed E-state index contributed by atoms with van der Waals surface area (Å²) in [5, 5.41) is 0. The van der Waals surface area contributed by atoms with Crippen LogP contribution < -0.4 is 5.73 Å². The average Bonchev–Trinajstić information content (AvgIpc) is 2.50. The molecule has 21 heavy (non-hydrogen) atoms. The van der Waals surface area contributed by atoms with Gasteiger partial charge in [-0.05, 0) is 24.7 Å². The maximum atomic E-state index is 5.68. The molecule has 0 atom stereocenters. The Morgan fingerprint density at radius 2 is 1.19 bits per heavy atom. The van der Waals surface area contributed by atoms with Gasteiger partial charge in [-0.15, -0.1) is 0 Å². The van der Waals surface area contributed by atoms with Crippen molar-refractivity contribution >= 4 is 0 Å². The fourth-order valence-corrected chi connectivity index (χ4v) is 2.49. The molecular formula is C16H33NO4. The molecular weight excluding hydrogens is 270 g/mol. The summed E-state index contributed by atoms with van der Waals surface area (Å²) in [5.41, 5.74) is 5.30. The van der Waals surface area contributed by atoms with Gasteiger partial charge in [0.15, 0.2) is 0 Å². The Labute approximate surface area is 129 Å². The highest BCUT2D eigenvalue weighted by Crippen LogP contribution is 2.28. The molecule has 0 aromatic carbocycles. The lowest BCUT2D eigenvalue weighted by Crippen LogP contribution is -2.19. The van der Waals surface area contributed by atoms with Gasteiger partial charge in [-0.3, -0.25) is 0 Å². The van der Waals surface area contributed by atoms with E-state index in [4.69, 9.17) is 24.7 Å². The third-order valence-electron chi connectivity index (χ3n) is 3.87. The zero-order chi connectivity index (χ0) is 15.2. The van der Waals surface area contributed by atoms with Gasteiger partial charge >= 0.3 is 0 Å². The molecule has 1 fully saturated rings. The van der Waals surface area contributed by atoms with Crippen LogP contribution in [0.3, 0.4) is 0 Å². The van der Waals surface area contributed by atoms with Crippen molar-refractivity contribution in [2.24, 2.45) is 17.6 Å². The number of hydrogen-bond donors (Lipinski definition) is 1. The van der Waals surface area contributed by atoms with E-state index in [-0.39, 0.29) is 0 Å². The molecule has 0 radical (unpaired) electrons. The van der Waals surface area contributed by atoms with Gasteiger partial charge in [-0.2, -0.15) is 0 Å². The summed E-state index contributed by atoms with van der Waals surface area (Å²) >= 11 is 0. The molecule has 0 spiro atoms. The van der Waals surface area contributed by atoms with Crippen LogP contribution in [0.4, 0.5) is 0 Å². The van der Waals surface area contributed by atoms with E-state index in [0.29, 0.717) is 52.8 Å². The largest absolute Gasteiger partial charge is 0.379 e. The molecule has 1 saturated carbocycles. The smallest absolute Gasteiger partial charge is 0.0701 e. The van der Waals surface area contributed by atoms with Gasteiger partial charge in [-0.1, -0.05) is 19.8 Å². The summed E-state index contributed by atoms with van der Waals surface area (Å²) in [6.45, 7) is 8.14. The molecule has 0 bridgehead atoms. The number of nitrogens with two attached hydrogens (primary N) is 1. The highest BCUT2D eigenvalue weighted by Gasteiger charge is 2.17. The van der Waals surface area contributed by atoms with Gasteiger partial charge < -0.3 is 24.7 Å². The Kier molecular flexibility index (Phi) is 12.1. The van der Waals surface area contributed by atoms with Crippen molar-refractivity contribution in [2.45, 2.75) is 32.6 Å². The molecule has 0 saturated heterocycles. The average molecular weight is 303 g/mol. The van der Waals surface area contributed by atoms with Crippen molar-refractivity contribution < 1.29 is 18.9 Å². The van der Waals surface area contributed by atoms with Crippen LogP contribution in [0.25, 0.3) is 0 Å². The van der Waals surface area contributed by atoms with Crippen molar-refractivity contribution in [2.75, 3.05) is 59.4 Å². The summed E-state index contributed by atoms with van der Waals surface area (Å²) in [5.74, 6) is 1.67. The first kappa shape index (κ1) is 18.8. The van der Waals surface area contributed by atoms with Crippen molar-refractivity contribution in [1.29, 1.82) is 0 Å². The van der Waals surface area contributed by atoms with Gasteiger partial charge in [-0.25, -0.2) is 0 Å². The van der Waals surface area contributed by atoms with E-state index in [1.807, 2.05) is 0 Å². The fraction of sp³-hybridized carbons (Fsp3) is 1.00. The molecule has 0 aliphatic heterocycles. The standard InChI is InChI=1S/C16H33NO4/c1-15-2-4-16(5-3-15)14-21-13-12-20-11-10-19-9-8-18-7-6-17/h15-16H,2-14,17H2,1H3. The van der Waals surface area contributed by atoms with E-state index in [9.17, 15) is 0 Å². The lowest BCUT2D eigenvalue weighted by atomic mass is 9.83. The van der Waals surface area contributed by atoms with Crippen molar-refractivity contribution in [3.63, 3.8) is 0 Å². The Morgan fingerprint density at radius 1 is 0.714 bits per heavy atom. The van der Waals surface area contributed by atoms with Gasteiger partial charge in [0.05, 0.1) is 46.2 Å². The number of ether oxygens (including phenoxy) is 4. The monoisotopic (exact) mass is 303 g/mol. The minimum absolute atomic E-state index is 0.559. The van der Waals surface area contributed by atoms with E-state index >= 15 is 0 Å². The molecule has 0 amide bonds. The molecule has 126 valence electrons. The lowest BCUT2D eigenvalue weighted by molar-refractivity contribution is -0.00764. The van der Waals surface area contributed by atoms with Crippen LogP contribution in [-0.4, -0.2) is 59.4 Å². The van der Waals surface area contributed by atoms with E-state index in [0.717, 1.165) is 18.4 Å². The van der Waals surface area contributed by atoms with E-state index in [2.05, 4.69) is 6.92 Å². The van der Waals surface area contributed by atoms with Crippen molar-refractivity contribution in [3.05, 3.63) is 0 Å². The Hall–Kier alpha value is -0.200. The molecule has 0 unspecified atom stereocenters. The first-order valence-electron chi connectivity index (χ1n) is 8.34. The summed E-state index contributed by atoms with van der Waals surface area (Å²) in [4.78, 5) is 0. The Morgan fingerprint density at radius 3 is 1.71 bits per heavy atom. The quantitative estimate of drug-likeness (QED) is 0.526. The van der Waals surface area contributed by atoms with Gasteiger partial charge in [0.1, 0.15) is 0 Å². The Balaban J connectivity index is 1.73. The van der Waals surface area contributed by atoms with E-state index in [1.54, 1.807) is 0 Å². The van der Waals surface area contributed by atoms with E-state index in [1.165, 1.54) is 25.7 Å². The number of rotatable bonds is 13. The van der Waals surface area contributed by atoms with Crippen LogP contribution in [0.5, 0.6) is 0 Å². The minimum atomic E-state index is 0.559. The molecule has 0 aromatic rings. The minimum Gasteiger partial charge on any atom is -0.379 e. The molecule has 1 rings (SSSR count). The molecule has 5 nitrogen and oxygen atoms in total. The van der Waals surface area contributed by atoms with Crippen LogP contribution in [0, 0.1) is 11.8 Å². The molecule has 5 heteroatoms. The first-order valence-corrected chi connectivity index (χ1v) is 8.34. The topological polar surface area (TPSA) is 62.9 Å². The van der Waals surface area contributed by atoms with Crippen LogP contribution in [0.1, 0.15) is 32.6 Å².